The van der Waals surface area contributed by atoms with E-state index in [4.69, 9.17) is 10.2 Å². The van der Waals surface area contributed by atoms with Crippen LogP contribution < -0.4 is 0 Å². The van der Waals surface area contributed by atoms with Gasteiger partial charge in [0, 0.05) is 12.8 Å². The fourth-order valence-electron chi connectivity index (χ4n) is 1.42. The normalized spacial score (nSPS) is 17.1. The van der Waals surface area contributed by atoms with Crippen LogP contribution in [-0.4, -0.2) is 73.9 Å². The van der Waals surface area contributed by atoms with Gasteiger partial charge in [-0.15, -0.1) is 0 Å². The Bertz CT molecular complexity index is 353. The fraction of sp³-hybridized carbons (Fsp3) is 0.750. The van der Waals surface area contributed by atoms with E-state index in [2.05, 4.69) is 0 Å². The number of ketones is 3. The van der Waals surface area contributed by atoms with Crippen LogP contribution in [0.5, 0.6) is 0 Å². The van der Waals surface area contributed by atoms with Crippen molar-refractivity contribution in [3.63, 3.8) is 0 Å². The molecule has 8 nitrogen and oxygen atoms in total. The molecule has 8 heteroatoms. The summed E-state index contributed by atoms with van der Waals surface area (Å²) in [7, 11) is 0. The number of hydrogen-bond donors (Lipinski definition) is 5. The van der Waals surface area contributed by atoms with Crippen LogP contribution >= 0.6 is 0 Å². The van der Waals surface area contributed by atoms with Gasteiger partial charge in [0.05, 0.1) is 13.0 Å². The minimum Gasteiger partial charge on any atom is -0.394 e. The molecule has 0 saturated carbocycles. The van der Waals surface area contributed by atoms with Crippen molar-refractivity contribution in [3.05, 3.63) is 0 Å². The van der Waals surface area contributed by atoms with Crippen molar-refractivity contribution in [3.8, 4) is 0 Å². The average molecular weight is 292 g/mol. The smallest absolute Gasteiger partial charge is 0.171 e. The van der Waals surface area contributed by atoms with Crippen LogP contribution in [0, 0.1) is 0 Å². The Kier molecular flexibility index (Phi) is 8.35. The number of carbonyl (C=O) groups excluding carboxylic acids is 3. The first-order valence-electron chi connectivity index (χ1n) is 6.07. The molecule has 5 N–H and O–H groups in total. The van der Waals surface area contributed by atoms with E-state index in [-0.39, 0.29) is 18.6 Å². The van der Waals surface area contributed by atoms with E-state index in [9.17, 15) is 29.7 Å². The molecule has 0 aromatic carbocycles. The number of Topliss-reactive ketones (excluding diaryl/α,β-unsaturated/α-hetero) is 3. The first-order valence-corrected chi connectivity index (χ1v) is 6.07. The van der Waals surface area contributed by atoms with E-state index in [1.165, 1.54) is 6.92 Å². The molecule has 0 aliphatic rings. The summed E-state index contributed by atoms with van der Waals surface area (Å²) in [5.41, 5.74) is 0. The van der Waals surface area contributed by atoms with Crippen LogP contribution in [0.4, 0.5) is 0 Å². The summed E-state index contributed by atoms with van der Waals surface area (Å²) in [6, 6.07) is 0. The van der Waals surface area contributed by atoms with E-state index in [1.54, 1.807) is 0 Å². The maximum Gasteiger partial charge on any atom is 0.171 e. The van der Waals surface area contributed by atoms with Crippen LogP contribution in [0.3, 0.4) is 0 Å². The molecule has 0 aromatic heterocycles. The number of carbonyl (C=O) groups is 3. The Morgan fingerprint density at radius 2 is 1.50 bits per heavy atom. The van der Waals surface area contributed by atoms with Gasteiger partial charge in [-0.05, 0) is 6.92 Å². The second-order valence-electron chi connectivity index (χ2n) is 4.56. The fourth-order valence-corrected chi connectivity index (χ4v) is 1.42. The Morgan fingerprint density at radius 3 is 1.95 bits per heavy atom. The lowest BCUT2D eigenvalue weighted by Crippen LogP contribution is -2.48. The van der Waals surface area contributed by atoms with Crippen molar-refractivity contribution in [2.75, 3.05) is 6.61 Å². The van der Waals surface area contributed by atoms with Gasteiger partial charge < -0.3 is 30.3 Å². The SMILES string of the molecule is CC(=O)CCC(=O)CC(=O)[C@H](O)[C@@H](O)[C@H](O)[C@H](O)CO. The molecule has 0 saturated heterocycles. The van der Waals surface area contributed by atoms with Crippen molar-refractivity contribution in [1.82, 2.24) is 0 Å². The molecule has 0 radical (unpaired) electrons. The van der Waals surface area contributed by atoms with Crippen molar-refractivity contribution >= 4 is 17.3 Å². The van der Waals surface area contributed by atoms with Crippen molar-refractivity contribution < 1.29 is 39.9 Å². The summed E-state index contributed by atoms with van der Waals surface area (Å²) < 4.78 is 0. The highest BCUT2D eigenvalue weighted by atomic mass is 16.4. The maximum absolute atomic E-state index is 11.5. The van der Waals surface area contributed by atoms with Crippen molar-refractivity contribution in [2.24, 2.45) is 0 Å². The molecule has 4 atom stereocenters. The number of aliphatic hydroxyl groups excluding tert-OH is 5. The van der Waals surface area contributed by atoms with Gasteiger partial charge in [0.1, 0.15) is 36.0 Å². The first kappa shape index (κ1) is 18.8. The van der Waals surface area contributed by atoms with Gasteiger partial charge in [0.25, 0.3) is 0 Å². The Morgan fingerprint density at radius 1 is 0.950 bits per heavy atom. The van der Waals surface area contributed by atoms with Gasteiger partial charge in [-0.1, -0.05) is 0 Å². The number of hydrogen-bond acceptors (Lipinski definition) is 8. The molecule has 0 aromatic rings. The first-order chi connectivity index (χ1) is 9.20. The van der Waals surface area contributed by atoms with Gasteiger partial charge >= 0.3 is 0 Å². The lowest BCUT2D eigenvalue weighted by atomic mass is 9.97. The summed E-state index contributed by atoms with van der Waals surface area (Å²) in [4.78, 5) is 33.5. The van der Waals surface area contributed by atoms with Gasteiger partial charge in [0.2, 0.25) is 0 Å². The number of rotatable bonds is 10. The molecule has 0 rings (SSSR count). The molecular weight excluding hydrogens is 272 g/mol. The van der Waals surface area contributed by atoms with Gasteiger partial charge in [-0.25, -0.2) is 0 Å². The van der Waals surface area contributed by atoms with Crippen molar-refractivity contribution in [2.45, 2.75) is 50.6 Å². The third-order valence-electron chi connectivity index (χ3n) is 2.71. The van der Waals surface area contributed by atoms with Gasteiger partial charge in [-0.2, -0.15) is 0 Å². The topological polar surface area (TPSA) is 152 Å². The standard InChI is InChI=1S/C12H20O8/c1-6(14)2-3-7(15)4-8(16)10(18)12(20)11(19)9(17)5-13/h9-13,17-20H,2-5H2,1H3/t9-,10+,11-,12-/m1/s1. The summed E-state index contributed by atoms with van der Waals surface area (Å²) in [5, 5.41) is 45.8. The lowest BCUT2D eigenvalue weighted by molar-refractivity contribution is -0.148. The zero-order valence-electron chi connectivity index (χ0n) is 11.1. The van der Waals surface area contributed by atoms with Crippen LogP contribution in [0.1, 0.15) is 26.2 Å². The highest BCUT2D eigenvalue weighted by Gasteiger charge is 2.34. The third-order valence-corrected chi connectivity index (χ3v) is 2.71. The predicted octanol–water partition coefficient (Wildman–Crippen LogP) is -2.68. The van der Waals surface area contributed by atoms with Crippen LogP contribution in [0.25, 0.3) is 0 Å². The Balaban J connectivity index is 4.39. The highest BCUT2D eigenvalue weighted by Crippen LogP contribution is 2.09. The van der Waals surface area contributed by atoms with Crippen LogP contribution in [-0.2, 0) is 14.4 Å². The second kappa shape index (κ2) is 8.88. The van der Waals surface area contributed by atoms with E-state index >= 15 is 0 Å². The second-order valence-corrected chi connectivity index (χ2v) is 4.56. The minimum atomic E-state index is -2.06. The molecule has 0 fully saturated rings. The quantitative estimate of drug-likeness (QED) is 0.273. The monoisotopic (exact) mass is 292 g/mol. The molecule has 0 bridgehead atoms. The van der Waals surface area contributed by atoms with Gasteiger partial charge in [-0.3, -0.25) is 9.59 Å². The molecule has 116 valence electrons. The highest BCUT2D eigenvalue weighted by molar-refractivity contribution is 6.02. The summed E-state index contributed by atoms with van der Waals surface area (Å²) in [6.07, 6.45) is -8.58. The zero-order valence-corrected chi connectivity index (χ0v) is 11.1. The van der Waals surface area contributed by atoms with E-state index in [1.807, 2.05) is 0 Å². The number of aliphatic hydroxyl groups is 5. The van der Waals surface area contributed by atoms with E-state index in [0.29, 0.717) is 0 Å². The molecule has 0 aliphatic heterocycles. The molecule has 0 aliphatic carbocycles. The predicted molar refractivity (Wildman–Crippen MR) is 65.7 cm³/mol. The van der Waals surface area contributed by atoms with E-state index in [0.717, 1.165) is 0 Å². The van der Waals surface area contributed by atoms with Crippen molar-refractivity contribution in [1.29, 1.82) is 0 Å². The van der Waals surface area contributed by atoms with Crippen LogP contribution in [0.15, 0.2) is 0 Å². The molecule has 0 unspecified atom stereocenters. The summed E-state index contributed by atoms with van der Waals surface area (Å²) >= 11 is 0. The summed E-state index contributed by atoms with van der Waals surface area (Å²) in [6.45, 7) is 0.428. The largest absolute Gasteiger partial charge is 0.394 e. The van der Waals surface area contributed by atoms with E-state index < -0.39 is 49.0 Å². The molecule has 0 spiro atoms. The average Bonchev–Trinajstić information content (AvgIpc) is 2.41. The summed E-state index contributed by atoms with van der Waals surface area (Å²) in [5.74, 6) is -1.82. The molecule has 20 heavy (non-hydrogen) atoms. The molecule has 0 amide bonds. The minimum absolute atomic E-state index is 0.0172. The Hall–Kier alpha value is -1.19. The molecule has 0 heterocycles. The zero-order chi connectivity index (χ0) is 15.9. The maximum atomic E-state index is 11.5. The third kappa shape index (κ3) is 6.31. The Labute approximate surface area is 115 Å². The van der Waals surface area contributed by atoms with Crippen LogP contribution in [0.2, 0.25) is 0 Å². The van der Waals surface area contributed by atoms with Gasteiger partial charge in [0.15, 0.2) is 5.78 Å². The molecular formula is C12H20O8. The lowest BCUT2D eigenvalue weighted by Gasteiger charge is -2.24.